The van der Waals surface area contributed by atoms with E-state index in [1.54, 1.807) is 0 Å². The fraction of sp³-hybridized carbons (Fsp3) is 0.438. The second-order valence-electron chi connectivity index (χ2n) is 5.71. The third-order valence-corrected chi connectivity index (χ3v) is 4.48. The van der Waals surface area contributed by atoms with E-state index in [4.69, 9.17) is 4.74 Å². The lowest BCUT2D eigenvalue weighted by molar-refractivity contribution is -0.0776. The number of ether oxygens (including phenoxy) is 1. The molecule has 104 valence electrons. The predicted octanol–water partition coefficient (Wildman–Crippen LogP) is 1.78. The molecule has 1 aromatic heterocycles. The molecule has 0 bridgehead atoms. The first-order chi connectivity index (χ1) is 9.90. The molecule has 2 heterocycles. The van der Waals surface area contributed by atoms with Gasteiger partial charge in [-0.25, -0.2) is 0 Å². The Morgan fingerprint density at radius 3 is 3.05 bits per heavy atom. The molecule has 1 fully saturated rings. The number of aromatic nitrogens is 2. The van der Waals surface area contributed by atoms with Gasteiger partial charge in [-0.05, 0) is 17.5 Å². The molecule has 1 aliphatic carbocycles. The summed E-state index contributed by atoms with van der Waals surface area (Å²) in [6.07, 6.45) is 4.29. The maximum atomic E-state index is 5.99. The van der Waals surface area contributed by atoms with Crippen molar-refractivity contribution in [3.8, 4) is 0 Å². The lowest BCUT2D eigenvalue weighted by Crippen LogP contribution is -2.54. The van der Waals surface area contributed by atoms with Crippen molar-refractivity contribution in [2.75, 3.05) is 13.2 Å². The highest BCUT2D eigenvalue weighted by Gasteiger charge is 2.37. The molecular weight excluding hydrogens is 250 g/mol. The van der Waals surface area contributed by atoms with E-state index < -0.39 is 0 Å². The van der Waals surface area contributed by atoms with E-state index >= 15 is 0 Å². The van der Waals surface area contributed by atoms with E-state index in [0.717, 1.165) is 32.5 Å². The molecule has 4 heteroatoms. The van der Waals surface area contributed by atoms with Crippen LogP contribution in [0.15, 0.2) is 36.5 Å². The monoisotopic (exact) mass is 269 g/mol. The van der Waals surface area contributed by atoms with Crippen LogP contribution in [0, 0.1) is 0 Å². The number of nitrogens with one attached hydrogen (secondary N) is 1. The molecule has 0 radical (unpaired) electrons. The molecule has 0 amide bonds. The molecule has 1 aromatic carbocycles. The summed E-state index contributed by atoms with van der Waals surface area (Å²) >= 11 is 0. The van der Waals surface area contributed by atoms with Gasteiger partial charge >= 0.3 is 0 Å². The van der Waals surface area contributed by atoms with Gasteiger partial charge in [0.15, 0.2) is 0 Å². The topological polar surface area (TPSA) is 41.1 Å². The van der Waals surface area contributed by atoms with Gasteiger partial charge in [-0.3, -0.25) is 10.00 Å². The maximum absolute atomic E-state index is 5.99. The second-order valence-corrected chi connectivity index (χ2v) is 5.71. The Balaban J connectivity index is 1.56. The zero-order valence-electron chi connectivity index (χ0n) is 11.5. The molecule has 1 N–H and O–H groups in total. The zero-order chi connectivity index (χ0) is 13.4. The number of fused-ring (bicyclic) bond motifs is 2. The molecular formula is C16H19N3O. The number of nitrogens with zero attached hydrogens (tertiary/aromatic N) is 2. The Bertz CT molecular complexity index is 580. The molecule has 1 saturated heterocycles. The van der Waals surface area contributed by atoms with E-state index in [2.05, 4.69) is 45.4 Å². The quantitative estimate of drug-likeness (QED) is 0.903. The van der Waals surface area contributed by atoms with Crippen LogP contribution in [0.4, 0.5) is 0 Å². The van der Waals surface area contributed by atoms with Crippen LogP contribution in [0.1, 0.15) is 16.8 Å². The van der Waals surface area contributed by atoms with Crippen molar-refractivity contribution in [3.63, 3.8) is 0 Å². The molecule has 1 aliphatic heterocycles. The molecule has 4 nitrogen and oxygen atoms in total. The summed E-state index contributed by atoms with van der Waals surface area (Å²) in [4.78, 5) is 2.57. The normalized spacial score (nSPS) is 26.0. The highest BCUT2D eigenvalue weighted by Crippen LogP contribution is 2.28. The largest absolute Gasteiger partial charge is 0.375 e. The fourth-order valence-electron chi connectivity index (χ4n) is 3.42. The number of aromatic amines is 1. The van der Waals surface area contributed by atoms with Crippen LogP contribution in [0.25, 0.3) is 0 Å². The number of H-pyrrole nitrogens is 1. The van der Waals surface area contributed by atoms with Gasteiger partial charge in [-0.2, -0.15) is 5.10 Å². The minimum absolute atomic E-state index is 0.306. The summed E-state index contributed by atoms with van der Waals surface area (Å²) in [7, 11) is 0. The minimum atomic E-state index is 0.306. The Morgan fingerprint density at radius 2 is 2.15 bits per heavy atom. The van der Waals surface area contributed by atoms with Crippen LogP contribution in [-0.2, 0) is 24.1 Å². The first-order valence-electron chi connectivity index (χ1n) is 7.31. The van der Waals surface area contributed by atoms with E-state index in [-0.39, 0.29) is 0 Å². The standard InChI is InChI=1S/C16H19N3O/c1-2-4-12(5-3-1)11-19-6-7-20-16-9-14-13(8-15(16)19)10-17-18-14/h1-5,10,15-16H,6-9,11H2,(H,17,18). The average molecular weight is 269 g/mol. The smallest absolute Gasteiger partial charge is 0.0789 e. The van der Waals surface area contributed by atoms with Gasteiger partial charge in [0.1, 0.15) is 0 Å². The molecule has 4 rings (SSSR count). The average Bonchev–Trinajstić information content (AvgIpc) is 2.94. The maximum Gasteiger partial charge on any atom is 0.0789 e. The summed E-state index contributed by atoms with van der Waals surface area (Å²) in [6, 6.07) is 11.2. The van der Waals surface area contributed by atoms with Crippen LogP contribution in [-0.4, -0.2) is 40.4 Å². The fourth-order valence-corrected chi connectivity index (χ4v) is 3.42. The third-order valence-electron chi connectivity index (χ3n) is 4.48. The van der Waals surface area contributed by atoms with Crippen molar-refractivity contribution in [2.24, 2.45) is 0 Å². The molecule has 2 aliphatic rings. The first kappa shape index (κ1) is 12.1. The van der Waals surface area contributed by atoms with Gasteiger partial charge in [0, 0.05) is 31.2 Å². The lowest BCUT2D eigenvalue weighted by atomic mass is 9.88. The molecule has 0 spiro atoms. The molecule has 0 saturated carbocycles. The van der Waals surface area contributed by atoms with Crippen molar-refractivity contribution in [1.29, 1.82) is 0 Å². The van der Waals surface area contributed by atoms with Gasteiger partial charge in [0.05, 0.1) is 18.9 Å². The Labute approximate surface area is 118 Å². The van der Waals surface area contributed by atoms with Crippen molar-refractivity contribution in [2.45, 2.75) is 31.5 Å². The number of benzene rings is 1. The van der Waals surface area contributed by atoms with Crippen LogP contribution in [0.2, 0.25) is 0 Å². The zero-order valence-corrected chi connectivity index (χ0v) is 11.5. The second kappa shape index (κ2) is 5.04. The summed E-state index contributed by atoms with van der Waals surface area (Å²) in [5.74, 6) is 0. The molecule has 2 aromatic rings. The Kier molecular flexibility index (Phi) is 3.05. The molecule has 2 atom stereocenters. The number of hydrogen-bond donors (Lipinski definition) is 1. The molecule has 20 heavy (non-hydrogen) atoms. The van der Waals surface area contributed by atoms with Crippen molar-refractivity contribution >= 4 is 0 Å². The van der Waals surface area contributed by atoms with Crippen LogP contribution in [0.3, 0.4) is 0 Å². The number of rotatable bonds is 2. The number of morpholine rings is 1. The van der Waals surface area contributed by atoms with Gasteiger partial charge in [-0.15, -0.1) is 0 Å². The first-order valence-corrected chi connectivity index (χ1v) is 7.31. The SMILES string of the molecule is c1ccc(CN2CCOC3Cc4[nH]ncc4CC32)cc1. The Morgan fingerprint density at radius 1 is 1.25 bits per heavy atom. The summed E-state index contributed by atoms with van der Waals surface area (Å²) < 4.78 is 5.99. The van der Waals surface area contributed by atoms with E-state index in [9.17, 15) is 0 Å². The van der Waals surface area contributed by atoms with Crippen LogP contribution >= 0.6 is 0 Å². The highest BCUT2D eigenvalue weighted by molar-refractivity contribution is 5.24. The van der Waals surface area contributed by atoms with Crippen molar-refractivity contribution in [1.82, 2.24) is 15.1 Å². The highest BCUT2D eigenvalue weighted by atomic mass is 16.5. The van der Waals surface area contributed by atoms with E-state index in [1.165, 1.54) is 16.8 Å². The van der Waals surface area contributed by atoms with E-state index in [0.29, 0.717) is 12.1 Å². The molecule has 2 unspecified atom stereocenters. The number of hydrogen-bond acceptors (Lipinski definition) is 3. The van der Waals surface area contributed by atoms with Gasteiger partial charge in [-0.1, -0.05) is 30.3 Å². The van der Waals surface area contributed by atoms with Crippen LogP contribution in [0.5, 0.6) is 0 Å². The Hall–Kier alpha value is -1.65. The van der Waals surface area contributed by atoms with E-state index in [1.807, 2.05) is 6.20 Å². The van der Waals surface area contributed by atoms with Gasteiger partial charge < -0.3 is 4.74 Å². The van der Waals surface area contributed by atoms with Crippen molar-refractivity contribution in [3.05, 3.63) is 53.3 Å². The predicted molar refractivity (Wildman–Crippen MR) is 76.4 cm³/mol. The lowest BCUT2D eigenvalue weighted by Gasteiger charge is -2.43. The van der Waals surface area contributed by atoms with Crippen LogP contribution < -0.4 is 0 Å². The minimum Gasteiger partial charge on any atom is -0.375 e. The van der Waals surface area contributed by atoms with Crippen molar-refractivity contribution < 1.29 is 4.74 Å². The summed E-state index contributed by atoms with van der Waals surface area (Å²) in [5, 5.41) is 7.28. The summed E-state index contributed by atoms with van der Waals surface area (Å²) in [6.45, 7) is 2.86. The van der Waals surface area contributed by atoms with Gasteiger partial charge in [0.2, 0.25) is 0 Å². The summed E-state index contributed by atoms with van der Waals surface area (Å²) in [5.41, 5.74) is 3.99. The third kappa shape index (κ3) is 2.15. The van der Waals surface area contributed by atoms with Gasteiger partial charge in [0.25, 0.3) is 0 Å².